The monoisotopic (exact) mass is 507 g/mol. The summed E-state index contributed by atoms with van der Waals surface area (Å²) >= 11 is 0. The summed E-state index contributed by atoms with van der Waals surface area (Å²) in [5.74, 6) is 1.21. The Morgan fingerprint density at radius 2 is 1.65 bits per heavy atom. The molecule has 196 valence electrons. The lowest BCUT2D eigenvalue weighted by Crippen LogP contribution is -2.36. The van der Waals surface area contributed by atoms with E-state index in [1.807, 2.05) is 31.2 Å². The highest BCUT2D eigenvalue weighted by Gasteiger charge is 2.42. The minimum atomic E-state index is -0.630. The van der Waals surface area contributed by atoms with Gasteiger partial charge in [0.2, 0.25) is 0 Å². The maximum atomic E-state index is 13.8. The van der Waals surface area contributed by atoms with Gasteiger partial charge < -0.3 is 29.0 Å². The van der Waals surface area contributed by atoms with E-state index in [1.165, 1.54) is 0 Å². The van der Waals surface area contributed by atoms with Crippen LogP contribution in [0.3, 0.4) is 0 Å². The van der Waals surface area contributed by atoms with E-state index in [4.69, 9.17) is 23.7 Å². The molecule has 2 aromatic carbocycles. The van der Waals surface area contributed by atoms with Crippen molar-refractivity contribution in [1.29, 1.82) is 0 Å². The molecular formula is C29H33NO7. The number of ketones is 1. The molecule has 0 aromatic heterocycles. The van der Waals surface area contributed by atoms with Crippen molar-refractivity contribution in [3.05, 3.63) is 70.1 Å². The van der Waals surface area contributed by atoms with Crippen LogP contribution < -0.4 is 24.3 Å². The van der Waals surface area contributed by atoms with Gasteiger partial charge in [-0.15, -0.1) is 0 Å². The number of carbonyl (C=O) groups is 2. The summed E-state index contributed by atoms with van der Waals surface area (Å²) in [7, 11) is 6.32. The summed E-state index contributed by atoms with van der Waals surface area (Å²) < 4.78 is 27.3. The number of benzene rings is 2. The zero-order valence-electron chi connectivity index (χ0n) is 22.1. The number of esters is 1. The van der Waals surface area contributed by atoms with Crippen LogP contribution in [0.2, 0.25) is 0 Å². The van der Waals surface area contributed by atoms with Gasteiger partial charge in [0.1, 0.15) is 11.5 Å². The standard InChI is InChI=1S/C29H33NO7/c1-7-37-29(32)26-16(2)30-21-12-18(17-8-11-23(34-4)25(14-17)36-6)13-22(31)28(21)27(26)20-10-9-19(33-3)15-24(20)35-5/h8-11,14-15,18,27,30H,7,12-13H2,1-6H3/t18-,27+/m1/s1. The van der Waals surface area contributed by atoms with Gasteiger partial charge in [0, 0.05) is 35.0 Å². The molecule has 1 heterocycles. The third-order valence-electron chi connectivity index (χ3n) is 6.95. The molecule has 0 fully saturated rings. The number of ether oxygens (including phenoxy) is 5. The first-order valence-electron chi connectivity index (χ1n) is 12.2. The fourth-order valence-electron chi connectivity index (χ4n) is 5.23. The quantitative estimate of drug-likeness (QED) is 0.517. The van der Waals surface area contributed by atoms with Crippen molar-refractivity contribution in [3.8, 4) is 23.0 Å². The number of dihydropyridines is 1. The normalized spacial score (nSPS) is 19.1. The number of hydrogen-bond acceptors (Lipinski definition) is 8. The molecule has 1 N–H and O–H groups in total. The average Bonchev–Trinajstić information content (AvgIpc) is 2.91. The minimum absolute atomic E-state index is 0.0364. The molecule has 0 unspecified atom stereocenters. The molecule has 1 aliphatic heterocycles. The number of allylic oxidation sites excluding steroid dienone is 3. The Morgan fingerprint density at radius 3 is 2.30 bits per heavy atom. The molecule has 0 bridgehead atoms. The van der Waals surface area contributed by atoms with E-state index < -0.39 is 11.9 Å². The Bertz CT molecular complexity index is 1280. The van der Waals surface area contributed by atoms with Crippen LogP contribution in [-0.4, -0.2) is 46.8 Å². The van der Waals surface area contributed by atoms with E-state index >= 15 is 0 Å². The summed E-state index contributed by atoms with van der Waals surface area (Å²) in [5, 5.41) is 3.36. The van der Waals surface area contributed by atoms with Crippen LogP contribution in [0.25, 0.3) is 0 Å². The van der Waals surface area contributed by atoms with Gasteiger partial charge >= 0.3 is 5.97 Å². The van der Waals surface area contributed by atoms with Crippen LogP contribution >= 0.6 is 0 Å². The van der Waals surface area contributed by atoms with E-state index in [0.717, 1.165) is 11.3 Å². The molecule has 8 nitrogen and oxygen atoms in total. The van der Waals surface area contributed by atoms with Gasteiger partial charge in [-0.25, -0.2) is 4.79 Å². The van der Waals surface area contributed by atoms with E-state index in [-0.39, 0.29) is 18.3 Å². The van der Waals surface area contributed by atoms with Crippen molar-refractivity contribution >= 4 is 11.8 Å². The van der Waals surface area contributed by atoms with Crippen molar-refractivity contribution in [1.82, 2.24) is 5.32 Å². The second kappa shape index (κ2) is 11.0. The summed E-state index contributed by atoms with van der Waals surface area (Å²) in [6.07, 6.45) is 0.888. The van der Waals surface area contributed by atoms with Crippen molar-refractivity contribution in [3.63, 3.8) is 0 Å². The summed E-state index contributed by atoms with van der Waals surface area (Å²) in [6, 6.07) is 11.1. The molecule has 2 atom stereocenters. The molecule has 2 aromatic rings. The van der Waals surface area contributed by atoms with E-state index in [9.17, 15) is 9.59 Å². The number of hydrogen-bond donors (Lipinski definition) is 1. The van der Waals surface area contributed by atoms with E-state index in [0.29, 0.717) is 58.2 Å². The maximum absolute atomic E-state index is 13.8. The lowest BCUT2D eigenvalue weighted by Gasteiger charge is -2.37. The summed E-state index contributed by atoms with van der Waals surface area (Å²) in [6.45, 7) is 3.82. The number of nitrogens with one attached hydrogen (secondary N) is 1. The Kier molecular flexibility index (Phi) is 7.76. The zero-order valence-corrected chi connectivity index (χ0v) is 22.1. The SMILES string of the molecule is CCOC(=O)C1=C(C)NC2=C(C(=O)C[C@H](c3ccc(OC)c(OC)c3)C2)[C@H]1c1ccc(OC)cc1OC. The Hall–Kier alpha value is -3.94. The molecular weight excluding hydrogens is 474 g/mol. The van der Waals surface area contributed by atoms with Gasteiger partial charge in [-0.2, -0.15) is 0 Å². The van der Waals surface area contributed by atoms with Gasteiger partial charge in [-0.3, -0.25) is 4.79 Å². The van der Waals surface area contributed by atoms with Crippen molar-refractivity contribution in [2.24, 2.45) is 0 Å². The molecule has 1 aliphatic carbocycles. The first kappa shape index (κ1) is 26.1. The van der Waals surface area contributed by atoms with Crippen molar-refractivity contribution < 1.29 is 33.3 Å². The van der Waals surface area contributed by atoms with Gasteiger partial charge in [0.25, 0.3) is 0 Å². The molecule has 0 radical (unpaired) electrons. The van der Waals surface area contributed by atoms with Gasteiger partial charge in [0.05, 0.1) is 46.5 Å². The fourth-order valence-corrected chi connectivity index (χ4v) is 5.23. The van der Waals surface area contributed by atoms with Crippen LogP contribution in [0.1, 0.15) is 49.7 Å². The maximum Gasteiger partial charge on any atom is 0.336 e. The Labute approximate surface area is 217 Å². The molecule has 4 rings (SSSR count). The largest absolute Gasteiger partial charge is 0.497 e. The number of rotatable bonds is 8. The predicted octanol–water partition coefficient (Wildman–Crippen LogP) is 4.65. The molecule has 0 saturated carbocycles. The molecule has 0 amide bonds. The summed E-state index contributed by atoms with van der Waals surface area (Å²) in [4.78, 5) is 27.0. The zero-order chi connectivity index (χ0) is 26.7. The van der Waals surface area contributed by atoms with Gasteiger partial charge in [-0.1, -0.05) is 12.1 Å². The highest BCUT2D eigenvalue weighted by molar-refractivity contribution is 6.04. The number of Topliss-reactive ketones (excluding diaryl/α,β-unsaturated/α-hetero) is 1. The second-order valence-corrected chi connectivity index (χ2v) is 8.96. The Morgan fingerprint density at radius 1 is 0.919 bits per heavy atom. The minimum Gasteiger partial charge on any atom is -0.497 e. The number of methoxy groups -OCH3 is 4. The lowest BCUT2D eigenvalue weighted by molar-refractivity contribution is -0.138. The van der Waals surface area contributed by atoms with Gasteiger partial charge in [-0.05, 0) is 49.9 Å². The van der Waals surface area contributed by atoms with Crippen LogP contribution in [0.15, 0.2) is 58.9 Å². The first-order chi connectivity index (χ1) is 17.9. The van der Waals surface area contributed by atoms with Crippen molar-refractivity contribution in [2.45, 2.75) is 38.5 Å². The Balaban J connectivity index is 1.82. The van der Waals surface area contributed by atoms with Crippen LogP contribution in [0.5, 0.6) is 23.0 Å². The molecule has 37 heavy (non-hydrogen) atoms. The molecule has 2 aliphatic rings. The number of carbonyl (C=O) groups excluding carboxylic acids is 2. The molecule has 8 heteroatoms. The fraction of sp³-hybridized carbons (Fsp3) is 0.379. The summed E-state index contributed by atoms with van der Waals surface area (Å²) in [5.41, 5.74) is 4.11. The van der Waals surface area contributed by atoms with Crippen LogP contribution in [-0.2, 0) is 14.3 Å². The lowest BCUT2D eigenvalue weighted by atomic mass is 9.71. The highest BCUT2D eigenvalue weighted by atomic mass is 16.5. The van der Waals surface area contributed by atoms with Crippen molar-refractivity contribution in [2.75, 3.05) is 35.0 Å². The van der Waals surface area contributed by atoms with E-state index in [1.54, 1.807) is 47.5 Å². The second-order valence-electron chi connectivity index (χ2n) is 8.96. The van der Waals surface area contributed by atoms with Crippen LogP contribution in [0, 0.1) is 0 Å². The molecule has 0 saturated heterocycles. The predicted molar refractivity (Wildman–Crippen MR) is 138 cm³/mol. The smallest absolute Gasteiger partial charge is 0.336 e. The molecule has 0 spiro atoms. The topological polar surface area (TPSA) is 92.3 Å². The average molecular weight is 508 g/mol. The highest BCUT2D eigenvalue weighted by Crippen LogP contribution is 2.48. The third-order valence-corrected chi connectivity index (χ3v) is 6.95. The van der Waals surface area contributed by atoms with Gasteiger partial charge in [0.15, 0.2) is 17.3 Å². The van der Waals surface area contributed by atoms with Crippen LogP contribution in [0.4, 0.5) is 0 Å². The third kappa shape index (κ3) is 4.88. The first-order valence-corrected chi connectivity index (χ1v) is 12.2. The van der Waals surface area contributed by atoms with E-state index in [2.05, 4.69) is 5.32 Å².